The summed E-state index contributed by atoms with van der Waals surface area (Å²) in [5.74, 6) is -1.51. The number of hydrogen-bond acceptors (Lipinski definition) is 3. The van der Waals surface area contributed by atoms with Crippen molar-refractivity contribution in [1.29, 1.82) is 0 Å². The van der Waals surface area contributed by atoms with Crippen LogP contribution in [0.1, 0.15) is 23.6 Å². The van der Waals surface area contributed by atoms with Gasteiger partial charge in [0.25, 0.3) is 0 Å². The summed E-state index contributed by atoms with van der Waals surface area (Å²) in [4.78, 5) is 23.3. The highest BCUT2D eigenvalue weighted by atomic mass is 19.4. The zero-order valence-corrected chi connectivity index (χ0v) is 14.2. The van der Waals surface area contributed by atoms with Crippen molar-refractivity contribution < 1.29 is 32.6 Å². The maximum Gasteiger partial charge on any atom is 0.422 e. The molecule has 2 N–H and O–H groups in total. The van der Waals surface area contributed by atoms with Crippen molar-refractivity contribution in [3.8, 4) is 5.75 Å². The normalized spacial score (nSPS) is 12.3. The molecule has 5 nitrogen and oxygen atoms in total. The number of alkyl halides is 3. The predicted octanol–water partition coefficient (Wildman–Crippen LogP) is 3.50. The van der Waals surface area contributed by atoms with Gasteiger partial charge in [-0.15, -0.1) is 0 Å². The Bertz CT molecular complexity index is 778. The van der Waals surface area contributed by atoms with Gasteiger partial charge in [-0.1, -0.05) is 42.5 Å². The maximum atomic E-state index is 12.3. The molecule has 27 heavy (non-hydrogen) atoms. The first-order chi connectivity index (χ1) is 12.7. The summed E-state index contributed by atoms with van der Waals surface area (Å²) in [6.07, 6.45) is -4.86. The lowest BCUT2D eigenvalue weighted by Gasteiger charge is -2.17. The van der Waals surface area contributed by atoms with Crippen LogP contribution in [-0.2, 0) is 16.0 Å². The number of hydrogen-bond donors (Lipinski definition) is 2. The molecule has 2 aromatic rings. The van der Waals surface area contributed by atoms with Gasteiger partial charge in [-0.25, -0.2) is 0 Å². The third-order valence-electron chi connectivity index (χ3n) is 3.58. The fourth-order valence-electron chi connectivity index (χ4n) is 2.45. The van der Waals surface area contributed by atoms with Gasteiger partial charge in [0.2, 0.25) is 5.91 Å². The maximum absolute atomic E-state index is 12.3. The smallest absolute Gasteiger partial charge is 0.422 e. The van der Waals surface area contributed by atoms with E-state index in [1.165, 1.54) is 18.2 Å². The van der Waals surface area contributed by atoms with E-state index in [0.717, 1.165) is 0 Å². The summed E-state index contributed by atoms with van der Waals surface area (Å²) in [6, 6.07) is 13.7. The van der Waals surface area contributed by atoms with Crippen LogP contribution >= 0.6 is 0 Å². The number of carbonyl (C=O) groups is 2. The van der Waals surface area contributed by atoms with E-state index in [1.54, 1.807) is 36.4 Å². The summed E-state index contributed by atoms with van der Waals surface area (Å²) in [6.45, 7) is -1.42. The minimum atomic E-state index is -4.45. The summed E-state index contributed by atoms with van der Waals surface area (Å²) in [7, 11) is 0. The van der Waals surface area contributed by atoms with E-state index in [-0.39, 0.29) is 18.6 Å². The number of carboxylic acid groups (broad SMARTS) is 1. The Labute approximate surface area is 153 Å². The van der Waals surface area contributed by atoms with E-state index in [9.17, 15) is 22.8 Å². The van der Waals surface area contributed by atoms with Crippen LogP contribution in [-0.4, -0.2) is 29.8 Å². The number of nitrogens with one attached hydrogen (secondary N) is 1. The SMILES string of the molecule is O=C(O)CC(NC(=O)Cc1cccc(OCC(F)(F)F)c1)c1ccccc1. The zero-order chi connectivity index (χ0) is 19.9. The number of benzene rings is 2. The topological polar surface area (TPSA) is 75.6 Å². The van der Waals surface area contributed by atoms with Gasteiger partial charge in [0.15, 0.2) is 6.61 Å². The van der Waals surface area contributed by atoms with Crippen LogP contribution < -0.4 is 10.1 Å². The van der Waals surface area contributed by atoms with Crippen LogP contribution in [0.4, 0.5) is 13.2 Å². The van der Waals surface area contributed by atoms with Crippen molar-refractivity contribution in [3.63, 3.8) is 0 Å². The molecule has 8 heteroatoms. The Kier molecular flexibility index (Phi) is 6.81. The first kappa shape index (κ1) is 20.3. The van der Waals surface area contributed by atoms with E-state index in [1.807, 2.05) is 0 Å². The predicted molar refractivity (Wildman–Crippen MR) is 91.3 cm³/mol. The Hall–Kier alpha value is -3.03. The van der Waals surface area contributed by atoms with Crippen LogP contribution in [0.5, 0.6) is 5.75 Å². The van der Waals surface area contributed by atoms with Gasteiger partial charge in [-0.2, -0.15) is 13.2 Å². The second kappa shape index (κ2) is 9.07. The number of aliphatic carboxylic acids is 1. The van der Waals surface area contributed by atoms with Crippen molar-refractivity contribution in [1.82, 2.24) is 5.32 Å². The second-order valence-electron chi connectivity index (χ2n) is 5.86. The van der Waals surface area contributed by atoms with Crippen molar-refractivity contribution in [3.05, 3.63) is 65.7 Å². The molecule has 2 aromatic carbocycles. The minimum Gasteiger partial charge on any atom is -0.484 e. The fourth-order valence-corrected chi connectivity index (χ4v) is 2.45. The lowest BCUT2D eigenvalue weighted by molar-refractivity contribution is -0.153. The quantitative estimate of drug-likeness (QED) is 0.734. The summed E-state index contributed by atoms with van der Waals surface area (Å²) >= 11 is 0. The van der Waals surface area contributed by atoms with Crippen LogP contribution in [0.2, 0.25) is 0 Å². The second-order valence-corrected chi connectivity index (χ2v) is 5.86. The van der Waals surface area contributed by atoms with Crippen LogP contribution in [0, 0.1) is 0 Å². The van der Waals surface area contributed by atoms with Crippen molar-refractivity contribution in [2.45, 2.75) is 25.1 Å². The van der Waals surface area contributed by atoms with Crippen LogP contribution in [0.3, 0.4) is 0 Å². The molecule has 0 radical (unpaired) electrons. The molecule has 0 aliphatic rings. The number of halogens is 3. The van der Waals surface area contributed by atoms with E-state index in [0.29, 0.717) is 11.1 Å². The number of amides is 1. The summed E-state index contributed by atoms with van der Waals surface area (Å²) < 4.78 is 41.3. The lowest BCUT2D eigenvalue weighted by Crippen LogP contribution is -2.31. The van der Waals surface area contributed by atoms with Crippen LogP contribution in [0.15, 0.2) is 54.6 Å². The molecule has 0 spiro atoms. The van der Waals surface area contributed by atoms with Crippen molar-refractivity contribution in [2.75, 3.05) is 6.61 Å². The molecule has 0 aromatic heterocycles. The number of carbonyl (C=O) groups excluding carboxylic acids is 1. The fraction of sp³-hybridized carbons (Fsp3) is 0.263. The first-order valence-electron chi connectivity index (χ1n) is 8.07. The lowest BCUT2D eigenvalue weighted by atomic mass is 10.0. The van der Waals surface area contributed by atoms with Crippen LogP contribution in [0.25, 0.3) is 0 Å². The van der Waals surface area contributed by atoms with Gasteiger partial charge < -0.3 is 15.2 Å². The molecule has 0 aliphatic heterocycles. The third kappa shape index (κ3) is 7.39. The molecule has 0 bridgehead atoms. The Morgan fingerprint density at radius 2 is 1.78 bits per heavy atom. The molecule has 1 atom stereocenters. The highest BCUT2D eigenvalue weighted by Crippen LogP contribution is 2.20. The molecule has 0 fully saturated rings. The average molecular weight is 381 g/mol. The number of carboxylic acids is 1. The molecule has 1 unspecified atom stereocenters. The molecule has 0 heterocycles. The molecule has 144 valence electrons. The van der Waals surface area contributed by atoms with Gasteiger partial charge in [0.05, 0.1) is 18.9 Å². The standard InChI is InChI=1S/C19H18F3NO4/c20-19(21,22)12-27-15-8-4-5-13(9-15)10-17(24)23-16(11-18(25)26)14-6-2-1-3-7-14/h1-9,16H,10-12H2,(H,23,24)(H,25,26). The molecule has 1 amide bonds. The van der Waals surface area contributed by atoms with Crippen molar-refractivity contribution in [2.24, 2.45) is 0 Å². The highest BCUT2D eigenvalue weighted by molar-refractivity contribution is 5.80. The largest absolute Gasteiger partial charge is 0.484 e. The van der Waals surface area contributed by atoms with Gasteiger partial charge in [-0.05, 0) is 23.3 Å². The van der Waals surface area contributed by atoms with E-state index < -0.39 is 30.7 Å². The monoisotopic (exact) mass is 381 g/mol. The Balaban J connectivity index is 2.01. The molecule has 0 saturated carbocycles. The minimum absolute atomic E-state index is 0.00257. The summed E-state index contributed by atoms with van der Waals surface area (Å²) in [5, 5.41) is 11.7. The number of ether oxygens (including phenoxy) is 1. The van der Waals surface area contributed by atoms with Gasteiger partial charge in [0, 0.05) is 0 Å². The van der Waals surface area contributed by atoms with Gasteiger partial charge in [-0.3, -0.25) is 9.59 Å². The molecule has 0 saturated heterocycles. The average Bonchev–Trinajstić information content (AvgIpc) is 2.59. The highest BCUT2D eigenvalue weighted by Gasteiger charge is 2.28. The number of rotatable bonds is 8. The molecule has 0 aliphatic carbocycles. The van der Waals surface area contributed by atoms with E-state index in [4.69, 9.17) is 5.11 Å². The molecular weight excluding hydrogens is 363 g/mol. The Morgan fingerprint density at radius 1 is 1.07 bits per heavy atom. The zero-order valence-electron chi connectivity index (χ0n) is 14.2. The summed E-state index contributed by atoms with van der Waals surface area (Å²) in [5.41, 5.74) is 1.10. The molecular formula is C19H18F3NO4. The Morgan fingerprint density at radius 3 is 2.41 bits per heavy atom. The van der Waals surface area contributed by atoms with E-state index >= 15 is 0 Å². The van der Waals surface area contributed by atoms with Crippen molar-refractivity contribution >= 4 is 11.9 Å². The van der Waals surface area contributed by atoms with Gasteiger partial charge >= 0.3 is 12.1 Å². The first-order valence-corrected chi connectivity index (χ1v) is 8.07. The third-order valence-corrected chi connectivity index (χ3v) is 3.58. The van der Waals surface area contributed by atoms with E-state index in [2.05, 4.69) is 10.1 Å². The van der Waals surface area contributed by atoms with Gasteiger partial charge in [0.1, 0.15) is 5.75 Å². The molecule has 2 rings (SSSR count).